The second kappa shape index (κ2) is 7.42. The van der Waals surface area contributed by atoms with E-state index >= 15 is 0 Å². The number of hydrogen-bond acceptors (Lipinski definition) is 1. The molecule has 0 aliphatic rings. The summed E-state index contributed by atoms with van der Waals surface area (Å²) >= 11 is 0. The summed E-state index contributed by atoms with van der Waals surface area (Å²) in [4.78, 5) is 0. The van der Waals surface area contributed by atoms with E-state index in [-0.39, 0.29) is 0 Å². The highest BCUT2D eigenvalue weighted by molar-refractivity contribution is 5.49. The van der Waals surface area contributed by atoms with E-state index in [1.807, 2.05) is 85.8 Å². The molecule has 2 aromatic carbocycles. The van der Waals surface area contributed by atoms with E-state index in [9.17, 15) is 5.11 Å². The lowest BCUT2D eigenvalue weighted by atomic mass is 9.79. The van der Waals surface area contributed by atoms with Gasteiger partial charge in [-0.1, -0.05) is 85.5 Å². The third-order valence-electron chi connectivity index (χ3n) is 3.53. The summed E-state index contributed by atoms with van der Waals surface area (Å²) in [5.41, 5.74) is 3.88. The van der Waals surface area contributed by atoms with E-state index in [1.54, 1.807) is 6.08 Å². The monoisotopic (exact) mass is 288 g/mol. The molecule has 1 heteroatoms. The Morgan fingerprint density at radius 1 is 1.00 bits per heavy atom. The average molecular weight is 288 g/mol. The largest absolute Gasteiger partial charge is 0.376 e. The van der Waals surface area contributed by atoms with Crippen LogP contribution in [0.4, 0.5) is 0 Å². The van der Waals surface area contributed by atoms with Gasteiger partial charge in [-0.25, -0.2) is 0 Å². The molecule has 0 aromatic heterocycles. The van der Waals surface area contributed by atoms with Gasteiger partial charge >= 0.3 is 0 Å². The number of benzene rings is 2. The molecule has 110 valence electrons. The summed E-state index contributed by atoms with van der Waals surface area (Å²) in [6.07, 6.45) is 7.44. The summed E-state index contributed by atoms with van der Waals surface area (Å²) in [5.74, 6) is 0. The van der Waals surface area contributed by atoms with E-state index < -0.39 is 5.60 Å². The molecule has 0 bridgehead atoms. The van der Waals surface area contributed by atoms with Crippen LogP contribution in [-0.4, -0.2) is 5.11 Å². The van der Waals surface area contributed by atoms with Crippen molar-refractivity contribution >= 4 is 0 Å². The van der Waals surface area contributed by atoms with E-state index in [1.165, 1.54) is 0 Å². The van der Waals surface area contributed by atoms with Crippen molar-refractivity contribution in [3.05, 3.63) is 114 Å². The van der Waals surface area contributed by atoms with Gasteiger partial charge < -0.3 is 5.11 Å². The maximum atomic E-state index is 11.6. The van der Waals surface area contributed by atoms with Crippen molar-refractivity contribution in [1.29, 1.82) is 0 Å². The molecule has 2 rings (SSSR count). The number of aliphatic hydroxyl groups is 1. The van der Waals surface area contributed by atoms with Crippen molar-refractivity contribution in [2.45, 2.75) is 12.5 Å². The van der Waals surface area contributed by atoms with Gasteiger partial charge in [0.2, 0.25) is 0 Å². The van der Waals surface area contributed by atoms with Crippen LogP contribution in [0.1, 0.15) is 18.1 Å². The highest BCUT2D eigenvalue weighted by Crippen LogP contribution is 2.37. The van der Waals surface area contributed by atoms with Gasteiger partial charge in [-0.3, -0.25) is 0 Å². The van der Waals surface area contributed by atoms with Crippen molar-refractivity contribution in [1.82, 2.24) is 0 Å². The maximum absolute atomic E-state index is 11.6. The van der Waals surface area contributed by atoms with Crippen LogP contribution in [0.25, 0.3) is 0 Å². The fraction of sp³-hybridized carbons (Fsp3) is 0.0952. The third kappa shape index (κ3) is 3.17. The van der Waals surface area contributed by atoms with Crippen LogP contribution in [0.15, 0.2) is 103 Å². The Morgan fingerprint density at radius 2 is 1.50 bits per heavy atom. The molecule has 0 radical (unpaired) electrons. The molecular formula is C21H20O. The first-order chi connectivity index (χ1) is 10.7. The highest BCUT2D eigenvalue weighted by Gasteiger charge is 2.34. The van der Waals surface area contributed by atoms with Gasteiger partial charge in [-0.2, -0.15) is 0 Å². The lowest BCUT2D eigenvalue weighted by Crippen LogP contribution is -2.29. The van der Waals surface area contributed by atoms with Gasteiger partial charge in [0.1, 0.15) is 5.60 Å². The van der Waals surface area contributed by atoms with Crippen LogP contribution in [0.5, 0.6) is 0 Å². The Kier molecular flexibility index (Phi) is 5.32. The van der Waals surface area contributed by atoms with Crippen LogP contribution in [0.3, 0.4) is 0 Å². The molecule has 0 fully saturated rings. The molecule has 0 unspecified atom stereocenters. The van der Waals surface area contributed by atoms with Gasteiger partial charge in [0.05, 0.1) is 0 Å². The zero-order chi connectivity index (χ0) is 15.8. The minimum Gasteiger partial charge on any atom is -0.376 e. The molecule has 0 atom stereocenters. The SMILES string of the molecule is C=C=C/C(=C\C=C\C)C(O)(c1ccccc1)c1ccccc1. The number of allylic oxidation sites excluding steroid dienone is 3. The average Bonchev–Trinajstić information content (AvgIpc) is 2.59. The molecule has 0 aliphatic carbocycles. The van der Waals surface area contributed by atoms with Crippen molar-refractivity contribution in [3.63, 3.8) is 0 Å². The van der Waals surface area contributed by atoms with Gasteiger partial charge in [0, 0.05) is 5.57 Å². The fourth-order valence-electron chi connectivity index (χ4n) is 2.44. The predicted molar refractivity (Wildman–Crippen MR) is 92.5 cm³/mol. The normalized spacial score (nSPS) is 12.2. The van der Waals surface area contributed by atoms with Crippen LogP contribution in [0, 0.1) is 0 Å². The Hall–Kier alpha value is -2.60. The van der Waals surface area contributed by atoms with Crippen molar-refractivity contribution in [2.75, 3.05) is 0 Å². The Labute approximate surface area is 132 Å². The first kappa shape index (κ1) is 15.8. The molecule has 22 heavy (non-hydrogen) atoms. The maximum Gasteiger partial charge on any atom is 0.141 e. The van der Waals surface area contributed by atoms with E-state index in [0.717, 1.165) is 16.7 Å². The molecule has 2 aromatic rings. The fourth-order valence-corrected chi connectivity index (χ4v) is 2.44. The lowest BCUT2D eigenvalue weighted by molar-refractivity contribution is 0.125. The van der Waals surface area contributed by atoms with Gasteiger partial charge in [-0.05, 0) is 24.1 Å². The van der Waals surface area contributed by atoms with Crippen LogP contribution < -0.4 is 0 Å². The van der Waals surface area contributed by atoms with Crippen LogP contribution >= 0.6 is 0 Å². The van der Waals surface area contributed by atoms with Gasteiger partial charge in [-0.15, -0.1) is 5.73 Å². The van der Waals surface area contributed by atoms with E-state index in [0.29, 0.717) is 0 Å². The van der Waals surface area contributed by atoms with E-state index in [4.69, 9.17) is 0 Å². The summed E-state index contributed by atoms with van der Waals surface area (Å²) in [7, 11) is 0. The van der Waals surface area contributed by atoms with Crippen LogP contribution in [0.2, 0.25) is 0 Å². The van der Waals surface area contributed by atoms with Crippen LogP contribution in [-0.2, 0) is 5.60 Å². The Bertz CT molecular complexity index is 663. The Morgan fingerprint density at radius 3 is 1.91 bits per heavy atom. The predicted octanol–water partition coefficient (Wildman–Crippen LogP) is 4.77. The summed E-state index contributed by atoms with van der Waals surface area (Å²) in [5, 5.41) is 11.6. The van der Waals surface area contributed by atoms with Gasteiger partial charge in [0.25, 0.3) is 0 Å². The van der Waals surface area contributed by atoms with Gasteiger partial charge in [0.15, 0.2) is 0 Å². The number of rotatable bonds is 5. The summed E-state index contributed by atoms with van der Waals surface area (Å²) in [6.45, 7) is 5.59. The first-order valence-corrected chi connectivity index (χ1v) is 7.26. The van der Waals surface area contributed by atoms with Crippen molar-refractivity contribution in [3.8, 4) is 0 Å². The minimum atomic E-state index is -1.24. The zero-order valence-electron chi connectivity index (χ0n) is 12.7. The van der Waals surface area contributed by atoms with Crippen molar-refractivity contribution in [2.24, 2.45) is 0 Å². The molecule has 1 nitrogen and oxygen atoms in total. The lowest BCUT2D eigenvalue weighted by Gasteiger charge is -2.30. The summed E-state index contributed by atoms with van der Waals surface area (Å²) in [6, 6.07) is 19.3. The molecule has 0 aliphatic heterocycles. The third-order valence-corrected chi connectivity index (χ3v) is 3.53. The molecule has 0 spiro atoms. The summed E-state index contributed by atoms with van der Waals surface area (Å²) < 4.78 is 0. The second-order valence-corrected chi connectivity index (χ2v) is 4.94. The molecular weight excluding hydrogens is 268 g/mol. The highest BCUT2D eigenvalue weighted by atomic mass is 16.3. The van der Waals surface area contributed by atoms with Crippen molar-refractivity contribution < 1.29 is 5.11 Å². The smallest absolute Gasteiger partial charge is 0.141 e. The molecule has 0 amide bonds. The first-order valence-electron chi connectivity index (χ1n) is 7.26. The Balaban J connectivity index is 2.72. The second-order valence-electron chi connectivity index (χ2n) is 4.94. The quantitative estimate of drug-likeness (QED) is 0.621. The molecule has 0 saturated heterocycles. The topological polar surface area (TPSA) is 20.2 Å². The molecule has 1 N–H and O–H groups in total. The van der Waals surface area contributed by atoms with E-state index in [2.05, 4.69) is 12.3 Å². The standard InChI is InChI=1S/C21H20O/c1-3-5-13-18(12-4-2)21(22,19-14-8-6-9-15-19)20-16-10-7-11-17-20/h3,5-17,22H,2H2,1H3/b5-3+,18-13+. The zero-order valence-corrected chi connectivity index (χ0v) is 12.7. The minimum absolute atomic E-state index is 0.720. The molecule has 0 saturated carbocycles. The number of hydrogen-bond donors (Lipinski definition) is 1. The molecule has 0 heterocycles.